The molecular formula is C19H27N3O2S. The lowest BCUT2D eigenvalue weighted by molar-refractivity contribution is 0.179. The maximum absolute atomic E-state index is 10.4. The van der Waals surface area contributed by atoms with Crippen LogP contribution in [0.3, 0.4) is 0 Å². The Balaban J connectivity index is 1.93. The highest BCUT2D eigenvalue weighted by Crippen LogP contribution is 2.20. The van der Waals surface area contributed by atoms with Crippen LogP contribution in [0.15, 0.2) is 46.1 Å². The lowest BCUT2D eigenvalue weighted by Crippen LogP contribution is -2.39. The van der Waals surface area contributed by atoms with E-state index in [0.29, 0.717) is 19.0 Å². The van der Waals surface area contributed by atoms with Crippen LogP contribution in [0.4, 0.5) is 0 Å². The standard InChI is InChI=1S/C19H27N3O2S/c1-4-20-19(21-11-15-8-9-25-13-15)22-12-18(23)16-6-5-7-17(10-16)24-14(2)3/h5-10,13-14,18,23H,4,11-12H2,1-3H3,(H2,20,21,22). The molecule has 136 valence electrons. The minimum Gasteiger partial charge on any atom is -0.491 e. The smallest absolute Gasteiger partial charge is 0.191 e. The Morgan fingerprint density at radius 3 is 2.80 bits per heavy atom. The van der Waals surface area contributed by atoms with Gasteiger partial charge >= 0.3 is 0 Å². The highest BCUT2D eigenvalue weighted by molar-refractivity contribution is 7.07. The Bertz CT molecular complexity index is 656. The average Bonchev–Trinajstić information content (AvgIpc) is 3.10. The largest absolute Gasteiger partial charge is 0.491 e. The normalized spacial score (nSPS) is 12.9. The zero-order valence-corrected chi connectivity index (χ0v) is 15.8. The van der Waals surface area contributed by atoms with E-state index in [1.807, 2.05) is 50.4 Å². The van der Waals surface area contributed by atoms with E-state index < -0.39 is 6.10 Å². The SMILES string of the molecule is CCNC(=NCc1ccsc1)NCC(O)c1cccc(OC(C)C)c1. The molecule has 1 aromatic heterocycles. The summed E-state index contributed by atoms with van der Waals surface area (Å²) in [6, 6.07) is 9.63. The highest BCUT2D eigenvalue weighted by atomic mass is 32.1. The summed E-state index contributed by atoms with van der Waals surface area (Å²) in [5.41, 5.74) is 2.00. The molecule has 25 heavy (non-hydrogen) atoms. The molecule has 2 aromatic rings. The van der Waals surface area contributed by atoms with Gasteiger partial charge in [-0.2, -0.15) is 11.3 Å². The molecule has 0 bridgehead atoms. The summed E-state index contributed by atoms with van der Waals surface area (Å²) in [4.78, 5) is 4.54. The molecule has 0 saturated heterocycles. The molecule has 1 aromatic carbocycles. The number of nitrogens with zero attached hydrogens (tertiary/aromatic N) is 1. The van der Waals surface area contributed by atoms with Crippen LogP contribution in [0, 0.1) is 0 Å². The maximum Gasteiger partial charge on any atom is 0.191 e. The molecule has 0 aliphatic heterocycles. The fourth-order valence-corrected chi connectivity index (χ4v) is 2.93. The van der Waals surface area contributed by atoms with Gasteiger partial charge in [-0.3, -0.25) is 0 Å². The topological polar surface area (TPSA) is 65.9 Å². The molecule has 2 rings (SSSR count). The number of thiophene rings is 1. The number of ether oxygens (including phenoxy) is 1. The summed E-state index contributed by atoms with van der Waals surface area (Å²) in [7, 11) is 0. The summed E-state index contributed by atoms with van der Waals surface area (Å²) in [5.74, 6) is 1.46. The van der Waals surface area contributed by atoms with Crippen LogP contribution in [-0.2, 0) is 6.54 Å². The lowest BCUT2D eigenvalue weighted by atomic mass is 10.1. The van der Waals surface area contributed by atoms with Gasteiger partial charge in [-0.1, -0.05) is 12.1 Å². The summed E-state index contributed by atoms with van der Waals surface area (Å²) in [5, 5.41) is 21.0. The van der Waals surface area contributed by atoms with Gasteiger partial charge in [0.25, 0.3) is 0 Å². The molecule has 0 aliphatic rings. The molecule has 0 fully saturated rings. The molecular weight excluding hydrogens is 334 g/mol. The average molecular weight is 362 g/mol. The van der Waals surface area contributed by atoms with Crippen molar-refractivity contribution in [1.29, 1.82) is 0 Å². The molecule has 0 aliphatic carbocycles. The first kappa shape index (κ1) is 19.3. The third kappa shape index (κ3) is 6.76. The van der Waals surface area contributed by atoms with Crippen molar-refractivity contribution in [2.45, 2.75) is 39.5 Å². The summed E-state index contributed by atoms with van der Waals surface area (Å²) < 4.78 is 5.68. The minimum absolute atomic E-state index is 0.107. The number of aliphatic hydroxyl groups excluding tert-OH is 1. The molecule has 0 saturated carbocycles. The number of benzene rings is 1. The number of aliphatic hydroxyl groups is 1. The van der Waals surface area contributed by atoms with Crippen molar-refractivity contribution in [3.8, 4) is 5.75 Å². The summed E-state index contributed by atoms with van der Waals surface area (Å²) in [6.07, 6.45) is -0.532. The van der Waals surface area contributed by atoms with Gasteiger partial charge in [0.15, 0.2) is 5.96 Å². The van der Waals surface area contributed by atoms with Crippen molar-refractivity contribution in [2.75, 3.05) is 13.1 Å². The zero-order chi connectivity index (χ0) is 18.1. The minimum atomic E-state index is -0.638. The number of rotatable bonds is 8. The van der Waals surface area contributed by atoms with Gasteiger partial charge < -0.3 is 20.5 Å². The Morgan fingerprint density at radius 1 is 1.28 bits per heavy atom. The van der Waals surface area contributed by atoms with Crippen molar-refractivity contribution in [3.63, 3.8) is 0 Å². The summed E-state index contributed by atoms with van der Waals surface area (Å²) in [6.45, 7) is 7.75. The van der Waals surface area contributed by atoms with Crippen molar-refractivity contribution in [2.24, 2.45) is 4.99 Å². The molecule has 0 amide bonds. The molecule has 1 atom stereocenters. The molecule has 6 heteroatoms. The lowest BCUT2D eigenvalue weighted by Gasteiger charge is -2.17. The van der Waals surface area contributed by atoms with Crippen molar-refractivity contribution in [1.82, 2.24) is 10.6 Å². The Hall–Kier alpha value is -2.05. The van der Waals surface area contributed by atoms with Crippen molar-refractivity contribution in [3.05, 3.63) is 52.2 Å². The van der Waals surface area contributed by atoms with Crippen LogP contribution in [0.1, 0.15) is 38.0 Å². The van der Waals surface area contributed by atoms with Gasteiger partial charge in [0.05, 0.1) is 18.8 Å². The number of aliphatic imine (C=N–C) groups is 1. The van der Waals surface area contributed by atoms with Crippen LogP contribution in [0.5, 0.6) is 5.75 Å². The first-order chi connectivity index (χ1) is 12.1. The zero-order valence-electron chi connectivity index (χ0n) is 15.0. The fourth-order valence-electron chi connectivity index (χ4n) is 2.27. The number of guanidine groups is 1. The first-order valence-electron chi connectivity index (χ1n) is 8.56. The van der Waals surface area contributed by atoms with Crippen molar-refractivity contribution < 1.29 is 9.84 Å². The van der Waals surface area contributed by atoms with Crippen LogP contribution < -0.4 is 15.4 Å². The Kier molecular flexibility index (Phi) is 7.76. The second-order valence-corrected chi connectivity index (χ2v) is 6.74. The third-order valence-corrected chi connectivity index (χ3v) is 4.15. The van der Waals surface area contributed by atoms with Gasteiger partial charge in [-0.25, -0.2) is 4.99 Å². The fraction of sp³-hybridized carbons (Fsp3) is 0.421. The van der Waals surface area contributed by atoms with Crippen molar-refractivity contribution >= 4 is 17.3 Å². The predicted octanol–water partition coefficient (Wildman–Crippen LogP) is 3.32. The van der Waals surface area contributed by atoms with Gasteiger partial charge in [0.1, 0.15) is 5.75 Å². The quantitative estimate of drug-likeness (QED) is 0.498. The van der Waals surface area contributed by atoms with E-state index in [1.165, 1.54) is 5.56 Å². The van der Waals surface area contributed by atoms with Gasteiger partial charge in [-0.05, 0) is 60.9 Å². The number of hydrogen-bond acceptors (Lipinski definition) is 4. The van der Waals surface area contributed by atoms with Gasteiger partial charge in [-0.15, -0.1) is 0 Å². The molecule has 1 unspecified atom stereocenters. The molecule has 5 nitrogen and oxygen atoms in total. The molecule has 0 spiro atoms. The van der Waals surface area contributed by atoms with E-state index in [9.17, 15) is 5.11 Å². The Morgan fingerprint density at radius 2 is 2.12 bits per heavy atom. The van der Waals surface area contributed by atoms with Crippen LogP contribution in [-0.4, -0.2) is 30.3 Å². The highest BCUT2D eigenvalue weighted by Gasteiger charge is 2.10. The van der Waals surface area contributed by atoms with Crippen LogP contribution >= 0.6 is 11.3 Å². The maximum atomic E-state index is 10.4. The van der Waals surface area contributed by atoms with Gasteiger partial charge in [0, 0.05) is 13.1 Å². The number of nitrogens with one attached hydrogen (secondary N) is 2. The first-order valence-corrected chi connectivity index (χ1v) is 9.50. The van der Waals surface area contributed by atoms with E-state index in [0.717, 1.165) is 17.9 Å². The number of hydrogen-bond donors (Lipinski definition) is 3. The van der Waals surface area contributed by atoms with E-state index in [-0.39, 0.29) is 6.10 Å². The van der Waals surface area contributed by atoms with Gasteiger partial charge in [0.2, 0.25) is 0 Å². The third-order valence-electron chi connectivity index (χ3n) is 3.42. The van der Waals surface area contributed by atoms with E-state index in [1.54, 1.807) is 11.3 Å². The Labute approximate surface area is 153 Å². The second kappa shape index (κ2) is 10.1. The molecule has 3 N–H and O–H groups in total. The van der Waals surface area contributed by atoms with Crippen LogP contribution in [0.25, 0.3) is 0 Å². The van der Waals surface area contributed by atoms with E-state index >= 15 is 0 Å². The molecule has 0 radical (unpaired) electrons. The van der Waals surface area contributed by atoms with E-state index in [2.05, 4.69) is 27.1 Å². The second-order valence-electron chi connectivity index (χ2n) is 5.96. The van der Waals surface area contributed by atoms with E-state index in [4.69, 9.17) is 4.74 Å². The molecule has 1 heterocycles. The predicted molar refractivity (Wildman–Crippen MR) is 104 cm³/mol. The van der Waals surface area contributed by atoms with Crippen LogP contribution in [0.2, 0.25) is 0 Å². The summed E-state index contributed by atoms with van der Waals surface area (Å²) >= 11 is 1.66. The monoisotopic (exact) mass is 361 g/mol.